The van der Waals surface area contributed by atoms with E-state index < -0.39 is 23.5 Å². The van der Waals surface area contributed by atoms with Crippen LogP contribution in [0, 0.1) is 24.0 Å². The molecule has 10 heteroatoms. The third-order valence-corrected chi connectivity index (χ3v) is 3.54. The van der Waals surface area contributed by atoms with Gasteiger partial charge < -0.3 is 10.1 Å². The van der Waals surface area contributed by atoms with E-state index in [2.05, 4.69) is 15.2 Å². The van der Waals surface area contributed by atoms with E-state index in [4.69, 9.17) is 0 Å². The molecule has 0 bridgehead atoms. The summed E-state index contributed by atoms with van der Waals surface area (Å²) in [4.78, 5) is 22.6. The molecule has 25 heavy (non-hydrogen) atoms. The average Bonchev–Trinajstić information content (AvgIpc) is 2.90. The van der Waals surface area contributed by atoms with Gasteiger partial charge in [-0.25, -0.2) is 0 Å². The topological polar surface area (TPSA) is 99.3 Å². The lowest BCUT2D eigenvalue weighted by atomic mass is 10.2. The van der Waals surface area contributed by atoms with Gasteiger partial charge in [-0.15, -0.1) is 0 Å². The maximum Gasteiger partial charge on any atom is 0.387 e. The van der Waals surface area contributed by atoms with Gasteiger partial charge in [-0.2, -0.15) is 13.9 Å². The van der Waals surface area contributed by atoms with Crippen molar-refractivity contribution in [1.29, 1.82) is 0 Å². The number of carbonyl (C=O) groups is 1. The van der Waals surface area contributed by atoms with Gasteiger partial charge in [-0.05, 0) is 44.5 Å². The number of amides is 1. The molecule has 1 aromatic heterocycles. The molecular formula is C15H16F2N4O4. The highest BCUT2D eigenvalue weighted by atomic mass is 19.3. The summed E-state index contributed by atoms with van der Waals surface area (Å²) in [5.41, 5.74) is 0.969. The minimum atomic E-state index is -2.93. The molecule has 0 aliphatic rings. The van der Waals surface area contributed by atoms with Crippen molar-refractivity contribution < 1.29 is 23.2 Å². The van der Waals surface area contributed by atoms with Crippen molar-refractivity contribution in [2.45, 2.75) is 33.4 Å². The van der Waals surface area contributed by atoms with E-state index in [1.54, 1.807) is 6.92 Å². The van der Waals surface area contributed by atoms with Crippen LogP contribution in [-0.2, 0) is 4.79 Å². The van der Waals surface area contributed by atoms with Crippen LogP contribution in [0.4, 0.5) is 20.2 Å². The van der Waals surface area contributed by atoms with Crippen molar-refractivity contribution in [3.63, 3.8) is 0 Å². The number of anilines is 1. The molecule has 0 spiro atoms. The molecule has 0 radical (unpaired) electrons. The Morgan fingerprint density at radius 2 is 2.08 bits per heavy atom. The van der Waals surface area contributed by atoms with Crippen LogP contribution in [0.1, 0.15) is 24.2 Å². The van der Waals surface area contributed by atoms with Crippen molar-refractivity contribution in [3.05, 3.63) is 45.8 Å². The van der Waals surface area contributed by atoms with Gasteiger partial charge in [-0.3, -0.25) is 19.6 Å². The van der Waals surface area contributed by atoms with E-state index in [-0.39, 0.29) is 17.1 Å². The van der Waals surface area contributed by atoms with Crippen LogP contribution in [0.5, 0.6) is 5.75 Å². The van der Waals surface area contributed by atoms with E-state index in [1.165, 1.54) is 42.9 Å². The number of hydrogen-bond donors (Lipinski definition) is 1. The van der Waals surface area contributed by atoms with Crippen LogP contribution in [0.2, 0.25) is 0 Å². The minimum Gasteiger partial charge on any atom is -0.435 e. The smallest absolute Gasteiger partial charge is 0.387 e. The van der Waals surface area contributed by atoms with Crippen LogP contribution in [0.3, 0.4) is 0 Å². The van der Waals surface area contributed by atoms with Gasteiger partial charge in [0.25, 0.3) is 0 Å². The summed E-state index contributed by atoms with van der Waals surface area (Å²) >= 11 is 0. The maximum absolute atomic E-state index is 12.3. The molecule has 1 aromatic carbocycles. The molecule has 1 amide bonds. The monoisotopic (exact) mass is 354 g/mol. The molecule has 8 nitrogen and oxygen atoms in total. The fourth-order valence-corrected chi connectivity index (χ4v) is 2.16. The quantitative estimate of drug-likeness (QED) is 0.634. The summed E-state index contributed by atoms with van der Waals surface area (Å²) in [7, 11) is 0. The first-order valence-electron chi connectivity index (χ1n) is 7.25. The lowest BCUT2D eigenvalue weighted by Gasteiger charge is -2.14. The number of nitrogens with zero attached hydrogens (tertiary/aromatic N) is 3. The third-order valence-electron chi connectivity index (χ3n) is 3.54. The first-order valence-corrected chi connectivity index (χ1v) is 7.25. The van der Waals surface area contributed by atoms with E-state index in [0.717, 1.165) is 0 Å². The zero-order chi connectivity index (χ0) is 18.7. The molecule has 1 N–H and O–H groups in total. The molecule has 0 saturated carbocycles. The Hall–Kier alpha value is -3.04. The van der Waals surface area contributed by atoms with Crippen LogP contribution < -0.4 is 10.1 Å². The number of nitro groups is 1. The summed E-state index contributed by atoms with van der Waals surface area (Å²) in [6, 6.07) is 3.32. The fraction of sp³-hybridized carbons (Fsp3) is 0.333. The number of hydrogen-bond acceptors (Lipinski definition) is 5. The normalized spacial score (nSPS) is 12.1. The number of benzene rings is 1. The molecule has 0 saturated heterocycles. The fourth-order valence-electron chi connectivity index (χ4n) is 2.16. The van der Waals surface area contributed by atoms with E-state index in [1.807, 2.05) is 0 Å². The van der Waals surface area contributed by atoms with E-state index in [9.17, 15) is 23.7 Å². The van der Waals surface area contributed by atoms with Crippen molar-refractivity contribution >= 4 is 17.3 Å². The molecule has 134 valence electrons. The standard InChI is InChI=1S/C15H16F2N4O4/c1-8-6-11(25-15(16)17)4-5-12(8)18-14(22)10(3)20-7-13(21(23)24)9(2)19-20/h4-7,10,15H,1-3H3,(H,18,22). The average molecular weight is 354 g/mol. The number of halogens is 2. The van der Waals surface area contributed by atoms with Gasteiger partial charge in [0.05, 0.1) is 4.92 Å². The Bertz CT molecular complexity index is 807. The van der Waals surface area contributed by atoms with Gasteiger partial charge in [0, 0.05) is 5.69 Å². The van der Waals surface area contributed by atoms with Crippen molar-refractivity contribution in [1.82, 2.24) is 9.78 Å². The third kappa shape index (κ3) is 4.28. The number of carbonyl (C=O) groups excluding carboxylic acids is 1. The summed E-state index contributed by atoms with van der Waals surface area (Å²) < 4.78 is 29.9. The molecule has 1 unspecified atom stereocenters. The SMILES string of the molecule is Cc1cc(OC(F)F)ccc1NC(=O)C(C)n1cc([N+](=O)[O-])c(C)n1. The van der Waals surface area contributed by atoms with Gasteiger partial charge in [0.15, 0.2) is 0 Å². The van der Waals surface area contributed by atoms with Crippen LogP contribution in [-0.4, -0.2) is 27.2 Å². The lowest BCUT2D eigenvalue weighted by Crippen LogP contribution is -2.24. The van der Waals surface area contributed by atoms with Crippen molar-refractivity contribution in [2.24, 2.45) is 0 Å². The molecule has 1 heterocycles. The summed E-state index contributed by atoms with van der Waals surface area (Å²) in [6.45, 7) is 1.71. The number of aromatic nitrogens is 2. The zero-order valence-corrected chi connectivity index (χ0v) is 13.7. The summed E-state index contributed by atoms with van der Waals surface area (Å²) in [5, 5.41) is 17.5. The zero-order valence-electron chi connectivity index (χ0n) is 13.7. The highest BCUT2D eigenvalue weighted by Gasteiger charge is 2.22. The lowest BCUT2D eigenvalue weighted by molar-refractivity contribution is -0.385. The Kier molecular flexibility index (Phi) is 5.30. The second-order valence-corrected chi connectivity index (χ2v) is 5.36. The van der Waals surface area contributed by atoms with Crippen LogP contribution in [0.25, 0.3) is 0 Å². The number of alkyl halides is 2. The van der Waals surface area contributed by atoms with Gasteiger partial charge in [0.2, 0.25) is 5.91 Å². The van der Waals surface area contributed by atoms with Gasteiger partial charge >= 0.3 is 12.3 Å². The van der Waals surface area contributed by atoms with Gasteiger partial charge in [-0.1, -0.05) is 0 Å². The molecule has 2 rings (SSSR count). The molecule has 1 atom stereocenters. The first kappa shape index (κ1) is 18.3. The Labute approximate surface area is 141 Å². The van der Waals surface area contributed by atoms with Crippen molar-refractivity contribution in [2.75, 3.05) is 5.32 Å². The number of rotatable bonds is 6. The Morgan fingerprint density at radius 3 is 2.60 bits per heavy atom. The van der Waals surface area contributed by atoms with E-state index in [0.29, 0.717) is 11.3 Å². The second-order valence-electron chi connectivity index (χ2n) is 5.36. The largest absolute Gasteiger partial charge is 0.435 e. The Morgan fingerprint density at radius 1 is 1.40 bits per heavy atom. The number of nitrogens with one attached hydrogen (secondary N) is 1. The highest BCUT2D eigenvalue weighted by Crippen LogP contribution is 2.24. The van der Waals surface area contributed by atoms with Gasteiger partial charge in [0.1, 0.15) is 23.7 Å². The minimum absolute atomic E-state index is 0.0168. The molecule has 0 aliphatic carbocycles. The predicted molar refractivity (Wildman–Crippen MR) is 84.8 cm³/mol. The molecule has 0 aliphatic heterocycles. The van der Waals surface area contributed by atoms with E-state index >= 15 is 0 Å². The summed E-state index contributed by atoms with van der Waals surface area (Å²) in [6.07, 6.45) is 1.19. The number of aryl methyl sites for hydroxylation is 2. The first-order chi connectivity index (χ1) is 11.7. The molecular weight excluding hydrogens is 338 g/mol. The highest BCUT2D eigenvalue weighted by molar-refractivity contribution is 5.94. The maximum atomic E-state index is 12.3. The van der Waals surface area contributed by atoms with Crippen LogP contribution in [0.15, 0.2) is 24.4 Å². The summed E-state index contributed by atoms with van der Waals surface area (Å²) in [5.74, 6) is -0.472. The predicted octanol–water partition coefficient (Wildman–Crippen LogP) is 3.21. The Balaban J connectivity index is 2.13. The van der Waals surface area contributed by atoms with Crippen molar-refractivity contribution in [3.8, 4) is 5.75 Å². The second kappa shape index (κ2) is 7.24. The molecule has 2 aromatic rings. The van der Waals surface area contributed by atoms with Crippen LogP contribution >= 0.6 is 0 Å². The number of ether oxygens (including phenoxy) is 1. The molecule has 0 fully saturated rings.